The molecule has 0 radical (unpaired) electrons. The smallest absolute Gasteiger partial charge is 0.387 e. The Labute approximate surface area is 122 Å². The lowest BCUT2D eigenvalue weighted by Gasteiger charge is -2.09. The van der Waals surface area contributed by atoms with Gasteiger partial charge >= 0.3 is 12.6 Å². The third-order valence-electron chi connectivity index (χ3n) is 1.89. The minimum absolute atomic E-state index is 0.0425. The second-order valence-corrected chi connectivity index (χ2v) is 4.85. The summed E-state index contributed by atoms with van der Waals surface area (Å²) in [6, 6.07) is 3.82. The second kappa shape index (κ2) is 7.91. The molecule has 20 heavy (non-hydrogen) atoms. The average molecular weight is 326 g/mol. The van der Waals surface area contributed by atoms with Gasteiger partial charge in [0.2, 0.25) is 5.91 Å². The number of carboxylic acids is 1. The summed E-state index contributed by atoms with van der Waals surface area (Å²) in [7, 11) is 0. The van der Waals surface area contributed by atoms with Gasteiger partial charge in [0.05, 0.1) is 16.5 Å². The lowest BCUT2D eigenvalue weighted by Crippen LogP contribution is -2.15. The quantitative estimate of drug-likeness (QED) is 0.806. The molecular weight excluding hydrogens is 316 g/mol. The number of hydrogen-bond acceptors (Lipinski definition) is 4. The predicted molar refractivity (Wildman–Crippen MR) is 71.7 cm³/mol. The number of hydrogen-bond donors (Lipinski definition) is 2. The van der Waals surface area contributed by atoms with Crippen LogP contribution in [0, 0.1) is 0 Å². The summed E-state index contributed by atoms with van der Waals surface area (Å²) in [6.45, 7) is -2.99. The van der Waals surface area contributed by atoms with Gasteiger partial charge in [-0.15, -0.1) is 11.8 Å². The number of thioether (sulfide) groups is 1. The van der Waals surface area contributed by atoms with Crippen molar-refractivity contribution in [2.75, 3.05) is 16.8 Å². The zero-order valence-electron chi connectivity index (χ0n) is 9.94. The zero-order valence-corrected chi connectivity index (χ0v) is 11.5. The molecule has 2 N–H and O–H groups in total. The summed E-state index contributed by atoms with van der Waals surface area (Å²) in [5.74, 6) is -1.86. The first-order valence-corrected chi connectivity index (χ1v) is 6.75. The molecule has 0 bridgehead atoms. The van der Waals surface area contributed by atoms with E-state index in [4.69, 9.17) is 16.7 Å². The highest BCUT2D eigenvalue weighted by Crippen LogP contribution is 2.28. The maximum Gasteiger partial charge on any atom is 0.387 e. The Hall–Kier alpha value is -1.54. The summed E-state index contributed by atoms with van der Waals surface area (Å²) >= 11 is 6.65. The van der Waals surface area contributed by atoms with Gasteiger partial charge in [-0.25, -0.2) is 0 Å². The molecule has 0 atom stereocenters. The van der Waals surface area contributed by atoms with Gasteiger partial charge < -0.3 is 15.2 Å². The topological polar surface area (TPSA) is 75.6 Å². The van der Waals surface area contributed by atoms with Crippen LogP contribution >= 0.6 is 23.4 Å². The molecule has 0 aliphatic heterocycles. The van der Waals surface area contributed by atoms with Crippen molar-refractivity contribution < 1.29 is 28.2 Å². The van der Waals surface area contributed by atoms with E-state index in [-0.39, 0.29) is 22.3 Å². The van der Waals surface area contributed by atoms with Gasteiger partial charge in [0.1, 0.15) is 5.75 Å². The van der Waals surface area contributed by atoms with E-state index in [9.17, 15) is 18.4 Å². The van der Waals surface area contributed by atoms with Crippen LogP contribution in [-0.2, 0) is 9.59 Å². The van der Waals surface area contributed by atoms with E-state index < -0.39 is 18.5 Å². The van der Waals surface area contributed by atoms with E-state index in [2.05, 4.69) is 10.1 Å². The van der Waals surface area contributed by atoms with Crippen molar-refractivity contribution in [3.8, 4) is 5.75 Å². The summed E-state index contributed by atoms with van der Waals surface area (Å²) in [4.78, 5) is 21.7. The van der Waals surface area contributed by atoms with Crippen LogP contribution in [0.25, 0.3) is 0 Å². The largest absolute Gasteiger partial charge is 0.481 e. The number of rotatable bonds is 7. The molecule has 0 unspecified atom stereocenters. The Morgan fingerprint density at radius 2 is 2.10 bits per heavy atom. The Morgan fingerprint density at radius 1 is 1.40 bits per heavy atom. The third kappa shape index (κ3) is 6.07. The summed E-state index contributed by atoms with van der Waals surface area (Å²) < 4.78 is 28.2. The van der Waals surface area contributed by atoms with Gasteiger partial charge in [-0.2, -0.15) is 8.78 Å². The average Bonchev–Trinajstić information content (AvgIpc) is 2.31. The Kier molecular flexibility index (Phi) is 6.53. The van der Waals surface area contributed by atoms with Crippen molar-refractivity contribution >= 4 is 40.9 Å². The Bertz CT molecular complexity index is 501. The molecule has 9 heteroatoms. The number of benzene rings is 1. The van der Waals surface area contributed by atoms with Crippen molar-refractivity contribution in [3.05, 3.63) is 23.2 Å². The van der Waals surface area contributed by atoms with Crippen LogP contribution in [0.15, 0.2) is 18.2 Å². The van der Waals surface area contributed by atoms with E-state index >= 15 is 0 Å². The van der Waals surface area contributed by atoms with Gasteiger partial charge in [0.15, 0.2) is 0 Å². The van der Waals surface area contributed by atoms with Gasteiger partial charge in [-0.3, -0.25) is 9.59 Å². The van der Waals surface area contributed by atoms with Crippen molar-refractivity contribution in [1.82, 2.24) is 0 Å². The van der Waals surface area contributed by atoms with Crippen molar-refractivity contribution in [2.45, 2.75) is 6.61 Å². The molecule has 1 aromatic rings. The van der Waals surface area contributed by atoms with Gasteiger partial charge in [0, 0.05) is 5.69 Å². The number of carbonyl (C=O) groups is 2. The molecule has 1 amide bonds. The van der Waals surface area contributed by atoms with Crippen LogP contribution < -0.4 is 10.1 Å². The van der Waals surface area contributed by atoms with Crippen LogP contribution in [0.5, 0.6) is 5.75 Å². The zero-order chi connectivity index (χ0) is 15.1. The van der Waals surface area contributed by atoms with Crippen LogP contribution in [0.3, 0.4) is 0 Å². The molecule has 0 aromatic heterocycles. The molecule has 0 saturated carbocycles. The lowest BCUT2D eigenvalue weighted by atomic mass is 10.3. The van der Waals surface area contributed by atoms with E-state index in [1.165, 1.54) is 18.2 Å². The maximum atomic E-state index is 12.0. The summed E-state index contributed by atoms with van der Waals surface area (Å²) in [5, 5.41) is 10.8. The number of carbonyl (C=O) groups excluding carboxylic acids is 1. The van der Waals surface area contributed by atoms with Gasteiger partial charge in [-0.1, -0.05) is 11.6 Å². The van der Waals surface area contributed by atoms with E-state index in [1.54, 1.807) is 0 Å². The molecule has 0 fully saturated rings. The first-order valence-electron chi connectivity index (χ1n) is 5.22. The summed E-state index contributed by atoms with van der Waals surface area (Å²) in [6.07, 6.45) is 0. The van der Waals surface area contributed by atoms with Crippen LogP contribution in [0.2, 0.25) is 5.02 Å². The van der Waals surface area contributed by atoms with Crippen molar-refractivity contribution in [1.29, 1.82) is 0 Å². The first-order chi connectivity index (χ1) is 9.38. The molecular formula is C11H10ClF2NO4S. The monoisotopic (exact) mass is 325 g/mol. The van der Waals surface area contributed by atoms with E-state index in [0.29, 0.717) is 5.69 Å². The molecule has 0 saturated heterocycles. The van der Waals surface area contributed by atoms with Crippen LogP contribution in [0.1, 0.15) is 0 Å². The highest BCUT2D eigenvalue weighted by molar-refractivity contribution is 8.00. The van der Waals surface area contributed by atoms with Crippen molar-refractivity contribution in [2.24, 2.45) is 0 Å². The number of carboxylic acid groups (broad SMARTS) is 1. The molecule has 0 heterocycles. The molecule has 0 spiro atoms. The fraction of sp³-hybridized carbons (Fsp3) is 0.273. The molecule has 0 aliphatic rings. The number of alkyl halides is 2. The molecule has 5 nitrogen and oxygen atoms in total. The number of nitrogens with one attached hydrogen (secondary N) is 1. The van der Waals surface area contributed by atoms with Gasteiger partial charge in [-0.05, 0) is 18.2 Å². The number of anilines is 1. The Balaban J connectivity index is 2.54. The molecule has 1 aromatic carbocycles. The van der Waals surface area contributed by atoms with E-state index in [0.717, 1.165) is 11.8 Å². The van der Waals surface area contributed by atoms with Crippen molar-refractivity contribution in [3.63, 3.8) is 0 Å². The van der Waals surface area contributed by atoms with Crippen LogP contribution in [-0.4, -0.2) is 35.1 Å². The molecule has 1 rings (SSSR count). The normalized spacial score (nSPS) is 10.4. The van der Waals surface area contributed by atoms with Crippen LogP contribution in [0.4, 0.5) is 14.5 Å². The number of halogens is 3. The predicted octanol–water partition coefficient (Wildman–Crippen LogP) is 2.70. The minimum atomic E-state index is -2.99. The SMILES string of the molecule is O=C(O)CSCC(=O)Nc1ccc(OC(F)F)c(Cl)c1. The fourth-order valence-corrected chi connectivity index (χ4v) is 1.96. The number of amides is 1. The molecule has 110 valence electrons. The summed E-state index contributed by atoms with van der Waals surface area (Å²) in [5.41, 5.74) is 0.303. The maximum absolute atomic E-state index is 12.0. The number of aliphatic carboxylic acids is 1. The molecule has 0 aliphatic carbocycles. The third-order valence-corrected chi connectivity index (χ3v) is 3.10. The highest BCUT2D eigenvalue weighted by atomic mass is 35.5. The van der Waals surface area contributed by atoms with E-state index in [1.807, 2.05) is 0 Å². The number of ether oxygens (including phenoxy) is 1. The van der Waals surface area contributed by atoms with Gasteiger partial charge in [0.25, 0.3) is 0 Å². The minimum Gasteiger partial charge on any atom is -0.481 e. The highest BCUT2D eigenvalue weighted by Gasteiger charge is 2.10. The first kappa shape index (κ1) is 16.5. The second-order valence-electron chi connectivity index (χ2n) is 3.46. The fourth-order valence-electron chi connectivity index (χ4n) is 1.20. The standard InChI is InChI=1S/C11H10ClF2NO4S/c12-7-3-6(1-2-8(7)19-11(13)14)15-9(16)4-20-5-10(17)18/h1-3,11H,4-5H2,(H,15,16)(H,17,18). The Morgan fingerprint density at radius 3 is 2.65 bits per heavy atom. The lowest BCUT2D eigenvalue weighted by molar-refractivity contribution is -0.133.